The van der Waals surface area contributed by atoms with Gasteiger partial charge in [-0.1, -0.05) is 36.4 Å². The third-order valence-corrected chi connectivity index (χ3v) is 4.34. The van der Waals surface area contributed by atoms with Crippen LogP contribution in [-0.4, -0.2) is 40.6 Å². The van der Waals surface area contributed by atoms with Crippen LogP contribution in [0.4, 0.5) is 0 Å². The zero-order chi connectivity index (χ0) is 18.4. The van der Waals surface area contributed by atoms with Gasteiger partial charge in [0.05, 0.1) is 18.8 Å². The lowest BCUT2D eigenvalue weighted by Gasteiger charge is -2.22. The Balaban J connectivity index is 1.86. The van der Waals surface area contributed by atoms with Crippen molar-refractivity contribution in [3.8, 4) is 11.3 Å². The highest BCUT2D eigenvalue weighted by molar-refractivity contribution is 5.94. The maximum absolute atomic E-state index is 13.1. The van der Waals surface area contributed by atoms with E-state index < -0.39 is 0 Å². The van der Waals surface area contributed by atoms with Gasteiger partial charge in [0.15, 0.2) is 0 Å². The molecule has 0 aliphatic heterocycles. The van der Waals surface area contributed by atoms with Gasteiger partial charge < -0.3 is 14.2 Å². The van der Waals surface area contributed by atoms with Gasteiger partial charge in [-0.2, -0.15) is 0 Å². The Morgan fingerprint density at radius 1 is 1.08 bits per heavy atom. The van der Waals surface area contributed by atoms with E-state index >= 15 is 0 Å². The van der Waals surface area contributed by atoms with Crippen LogP contribution in [0.25, 0.3) is 11.3 Å². The van der Waals surface area contributed by atoms with Crippen LogP contribution < -0.4 is 0 Å². The van der Waals surface area contributed by atoms with Gasteiger partial charge in [0, 0.05) is 32.6 Å². The summed E-state index contributed by atoms with van der Waals surface area (Å²) in [5.41, 5.74) is 3.60. The van der Waals surface area contributed by atoms with Gasteiger partial charge in [-0.25, -0.2) is 0 Å². The quantitative estimate of drug-likeness (QED) is 0.657. The Morgan fingerprint density at radius 3 is 2.54 bits per heavy atom. The van der Waals surface area contributed by atoms with Gasteiger partial charge in [0.1, 0.15) is 5.69 Å². The standard InChI is InChI=1S/C21H23N3O2/c1-23-19(17-8-4-3-5-9-17)11-12-20(23)21(25)24(14-15-26-2)16-18-10-6-7-13-22-18/h3-13H,14-16H2,1-2H3. The van der Waals surface area contributed by atoms with Crippen molar-refractivity contribution in [2.45, 2.75) is 6.54 Å². The van der Waals surface area contributed by atoms with Crippen molar-refractivity contribution in [2.24, 2.45) is 7.05 Å². The molecule has 0 fully saturated rings. The number of ether oxygens (including phenoxy) is 1. The fourth-order valence-electron chi connectivity index (χ4n) is 2.93. The third kappa shape index (κ3) is 4.00. The van der Waals surface area contributed by atoms with Gasteiger partial charge >= 0.3 is 0 Å². The maximum Gasteiger partial charge on any atom is 0.270 e. The molecule has 0 aliphatic rings. The second-order valence-corrected chi connectivity index (χ2v) is 6.07. The van der Waals surface area contributed by atoms with E-state index in [0.29, 0.717) is 25.4 Å². The number of nitrogens with zero attached hydrogens (tertiary/aromatic N) is 3. The molecule has 0 unspecified atom stereocenters. The zero-order valence-corrected chi connectivity index (χ0v) is 15.1. The van der Waals surface area contributed by atoms with Crippen molar-refractivity contribution < 1.29 is 9.53 Å². The molecule has 0 radical (unpaired) electrons. The molecule has 0 saturated carbocycles. The molecule has 0 spiro atoms. The van der Waals surface area contributed by atoms with Crippen LogP contribution >= 0.6 is 0 Å². The minimum atomic E-state index is -0.0302. The van der Waals surface area contributed by atoms with Gasteiger partial charge in [-0.05, 0) is 29.8 Å². The van der Waals surface area contributed by atoms with Crippen LogP contribution in [-0.2, 0) is 18.3 Å². The molecule has 5 nitrogen and oxygen atoms in total. The molecule has 0 aliphatic carbocycles. The molecule has 0 N–H and O–H groups in total. The highest BCUT2D eigenvalue weighted by atomic mass is 16.5. The molecule has 0 bridgehead atoms. The van der Waals surface area contributed by atoms with E-state index in [9.17, 15) is 4.79 Å². The predicted octanol–water partition coefficient (Wildman–Crippen LogP) is 3.38. The van der Waals surface area contributed by atoms with Crippen molar-refractivity contribution in [2.75, 3.05) is 20.3 Å². The van der Waals surface area contributed by atoms with Crippen molar-refractivity contribution in [3.63, 3.8) is 0 Å². The average molecular weight is 349 g/mol. The summed E-state index contributed by atoms with van der Waals surface area (Å²) in [7, 11) is 3.56. The normalized spacial score (nSPS) is 10.7. The Labute approximate surface area is 153 Å². The summed E-state index contributed by atoms with van der Waals surface area (Å²) in [5, 5.41) is 0. The first-order chi connectivity index (χ1) is 12.7. The highest BCUT2D eigenvalue weighted by Crippen LogP contribution is 2.22. The third-order valence-electron chi connectivity index (χ3n) is 4.34. The van der Waals surface area contributed by atoms with Crippen LogP contribution in [0, 0.1) is 0 Å². The number of carbonyl (C=O) groups is 1. The van der Waals surface area contributed by atoms with Crippen molar-refractivity contribution in [1.82, 2.24) is 14.5 Å². The summed E-state index contributed by atoms with van der Waals surface area (Å²) < 4.78 is 7.12. The van der Waals surface area contributed by atoms with Gasteiger partial charge in [0.2, 0.25) is 0 Å². The molecule has 3 rings (SSSR count). The number of pyridine rings is 1. The summed E-state index contributed by atoms with van der Waals surface area (Å²) >= 11 is 0. The molecule has 1 amide bonds. The summed E-state index contributed by atoms with van der Waals surface area (Å²) in [4.78, 5) is 19.3. The van der Waals surface area contributed by atoms with E-state index in [2.05, 4.69) is 4.98 Å². The first-order valence-electron chi connectivity index (χ1n) is 8.60. The maximum atomic E-state index is 13.1. The number of carbonyl (C=O) groups excluding carboxylic acids is 1. The summed E-state index contributed by atoms with van der Waals surface area (Å²) in [6, 6.07) is 19.6. The second kappa shape index (κ2) is 8.45. The summed E-state index contributed by atoms with van der Waals surface area (Å²) in [6.45, 7) is 1.45. The Morgan fingerprint density at radius 2 is 1.85 bits per heavy atom. The average Bonchev–Trinajstić information content (AvgIpc) is 3.07. The number of hydrogen-bond donors (Lipinski definition) is 0. The van der Waals surface area contributed by atoms with E-state index in [1.54, 1.807) is 18.2 Å². The van der Waals surface area contributed by atoms with Gasteiger partial charge in [0.25, 0.3) is 5.91 Å². The molecule has 2 heterocycles. The zero-order valence-electron chi connectivity index (χ0n) is 15.1. The molecule has 134 valence electrons. The molecular formula is C21H23N3O2. The van der Waals surface area contributed by atoms with E-state index in [4.69, 9.17) is 4.74 Å². The minimum absolute atomic E-state index is 0.0302. The largest absolute Gasteiger partial charge is 0.383 e. The van der Waals surface area contributed by atoms with Crippen molar-refractivity contribution in [3.05, 3.63) is 78.2 Å². The topological polar surface area (TPSA) is 47.4 Å². The number of rotatable bonds is 7. The number of benzene rings is 1. The van der Waals surface area contributed by atoms with Crippen LogP contribution in [0.1, 0.15) is 16.2 Å². The Kier molecular flexibility index (Phi) is 5.81. The molecule has 26 heavy (non-hydrogen) atoms. The molecular weight excluding hydrogens is 326 g/mol. The number of aromatic nitrogens is 2. The lowest BCUT2D eigenvalue weighted by molar-refractivity contribution is 0.0668. The number of methoxy groups -OCH3 is 1. The van der Waals surface area contributed by atoms with E-state index in [1.807, 2.05) is 72.3 Å². The number of amides is 1. The predicted molar refractivity (Wildman–Crippen MR) is 102 cm³/mol. The SMILES string of the molecule is COCCN(Cc1ccccn1)C(=O)c1ccc(-c2ccccc2)n1C. The van der Waals surface area contributed by atoms with E-state index in [-0.39, 0.29) is 5.91 Å². The highest BCUT2D eigenvalue weighted by Gasteiger charge is 2.20. The molecule has 0 saturated heterocycles. The fraction of sp³-hybridized carbons (Fsp3) is 0.238. The van der Waals surface area contributed by atoms with Gasteiger partial charge in [-0.3, -0.25) is 9.78 Å². The Hall–Kier alpha value is -2.92. The summed E-state index contributed by atoms with van der Waals surface area (Å²) in [6.07, 6.45) is 1.74. The smallest absolute Gasteiger partial charge is 0.270 e. The first kappa shape index (κ1) is 17.9. The van der Waals surface area contributed by atoms with Crippen LogP contribution in [0.2, 0.25) is 0 Å². The molecule has 3 aromatic rings. The van der Waals surface area contributed by atoms with Crippen LogP contribution in [0.5, 0.6) is 0 Å². The first-order valence-corrected chi connectivity index (χ1v) is 8.60. The Bertz CT molecular complexity index is 844. The van der Waals surface area contributed by atoms with E-state index in [1.165, 1.54) is 0 Å². The lowest BCUT2D eigenvalue weighted by Crippen LogP contribution is -2.34. The summed E-state index contributed by atoms with van der Waals surface area (Å²) in [5.74, 6) is -0.0302. The molecule has 1 aromatic carbocycles. The second-order valence-electron chi connectivity index (χ2n) is 6.07. The molecule has 0 atom stereocenters. The van der Waals surface area contributed by atoms with Crippen LogP contribution in [0.3, 0.4) is 0 Å². The number of hydrogen-bond acceptors (Lipinski definition) is 3. The lowest BCUT2D eigenvalue weighted by atomic mass is 10.2. The van der Waals surface area contributed by atoms with Crippen molar-refractivity contribution in [1.29, 1.82) is 0 Å². The van der Waals surface area contributed by atoms with Crippen LogP contribution in [0.15, 0.2) is 66.9 Å². The van der Waals surface area contributed by atoms with Gasteiger partial charge in [-0.15, -0.1) is 0 Å². The monoisotopic (exact) mass is 349 g/mol. The van der Waals surface area contributed by atoms with E-state index in [0.717, 1.165) is 17.0 Å². The van der Waals surface area contributed by atoms with Crippen molar-refractivity contribution >= 4 is 5.91 Å². The fourth-order valence-corrected chi connectivity index (χ4v) is 2.93. The minimum Gasteiger partial charge on any atom is -0.383 e. The molecule has 2 aromatic heterocycles. The molecule has 5 heteroatoms.